The summed E-state index contributed by atoms with van der Waals surface area (Å²) < 4.78 is 0. The Kier molecular flexibility index (Phi) is 3.69. The van der Waals surface area contributed by atoms with Crippen molar-refractivity contribution in [1.82, 2.24) is 4.90 Å². The van der Waals surface area contributed by atoms with Crippen LogP contribution in [0, 0.1) is 6.92 Å². The van der Waals surface area contributed by atoms with Gasteiger partial charge in [-0.05, 0) is 33.0 Å². The highest BCUT2D eigenvalue weighted by atomic mass is 16.3. The number of aliphatic hydroxyl groups excluding tert-OH is 1. The minimum atomic E-state index is 0.228. The van der Waals surface area contributed by atoms with E-state index in [-0.39, 0.29) is 12.6 Å². The first-order chi connectivity index (χ1) is 8.11. The quantitative estimate of drug-likeness (QED) is 0.840. The maximum atomic E-state index is 9.39. The summed E-state index contributed by atoms with van der Waals surface area (Å²) in [6.07, 6.45) is 0. The summed E-state index contributed by atoms with van der Waals surface area (Å²) in [6.45, 7) is 6.47. The smallest absolute Gasteiger partial charge is 0.0604 e. The van der Waals surface area contributed by atoms with Crippen molar-refractivity contribution in [2.24, 2.45) is 0 Å². The lowest BCUT2D eigenvalue weighted by Gasteiger charge is -2.44. The van der Waals surface area contributed by atoms with Gasteiger partial charge in [0.1, 0.15) is 0 Å². The van der Waals surface area contributed by atoms with Crippen molar-refractivity contribution < 1.29 is 5.11 Å². The highest BCUT2D eigenvalue weighted by Gasteiger charge is 2.28. The van der Waals surface area contributed by atoms with Gasteiger partial charge < -0.3 is 10.0 Å². The molecule has 1 N–H and O–H groups in total. The molecular weight excluding hydrogens is 212 g/mol. The summed E-state index contributed by atoms with van der Waals surface area (Å²) in [5.41, 5.74) is 2.55. The second-order valence-electron chi connectivity index (χ2n) is 5.11. The lowest BCUT2D eigenvalue weighted by atomic mass is 10.1. The van der Waals surface area contributed by atoms with Crippen molar-refractivity contribution in [3.8, 4) is 0 Å². The summed E-state index contributed by atoms with van der Waals surface area (Å²) in [7, 11) is 2.09. The first-order valence-corrected chi connectivity index (χ1v) is 6.26. The largest absolute Gasteiger partial charge is 0.395 e. The molecule has 17 heavy (non-hydrogen) atoms. The van der Waals surface area contributed by atoms with Crippen LogP contribution in [0.2, 0.25) is 0 Å². The number of likely N-dealkylation sites (N-methyl/N-ethyl adjacent to an activating group) is 1. The van der Waals surface area contributed by atoms with E-state index in [0.717, 1.165) is 13.1 Å². The van der Waals surface area contributed by atoms with E-state index in [1.165, 1.54) is 11.3 Å². The molecule has 1 heterocycles. The van der Waals surface area contributed by atoms with Gasteiger partial charge in [-0.15, -0.1) is 0 Å². The molecule has 94 valence electrons. The molecule has 0 spiro atoms. The van der Waals surface area contributed by atoms with Gasteiger partial charge in [0.2, 0.25) is 0 Å². The molecule has 0 aliphatic carbocycles. The fraction of sp³-hybridized carbons (Fsp3) is 0.571. The van der Waals surface area contributed by atoms with E-state index in [1.54, 1.807) is 0 Å². The van der Waals surface area contributed by atoms with Gasteiger partial charge in [0.15, 0.2) is 0 Å². The third-order valence-corrected chi connectivity index (χ3v) is 3.69. The van der Waals surface area contributed by atoms with E-state index in [4.69, 9.17) is 0 Å². The number of hydrogen-bond donors (Lipinski definition) is 1. The maximum Gasteiger partial charge on any atom is 0.0604 e. The van der Waals surface area contributed by atoms with Crippen LogP contribution in [0.5, 0.6) is 0 Å². The number of anilines is 1. The Balaban J connectivity index is 2.17. The van der Waals surface area contributed by atoms with E-state index in [2.05, 4.69) is 55.0 Å². The third-order valence-electron chi connectivity index (χ3n) is 3.69. The molecule has 3 nitrogen and oxygen atoms in total. The lowest BCUT2D eigenvalue weighted by molar-refractivity contribution is 0.122. The van der Waals surface area contributed by atoms with Gasteiger partial charge >= 0.3 is 0 Å². The summed E-state index contributed by atoms with van der Waals surface area (Å²) >= 11 is 0. The number of nitrogens with zero attached hydrogens (tertiary/aromatic N) is 2. The first kappa shape index (κ1) is 12.4. The average molecular weight is 234 g/mol. The molecule has 1 aliphatic heterocycles. The Hall–Kier alpha value is -1.06. The first-order valence-electron chi connectivity index (χ1n) is 6.26. The minimum absolute atomic E-state index is 0.228. The van der Waals surface area contributed by atoms with E-state index in [0.29, 0.717) is 6.04 Å². The fourth-order valence-electron chi connectivity index (χ4n) is 2.50. The molecule has 0 aromatic heterocycles. The molecule has 1 saturated heterocycles. The van der Waals surface area contributed by atoms with Crippen molar-refractivity contribution in [2.75, 3.05) is 31.6 Å². The van der Waals surface area contributed by atoms with E-state index >= 15 is 0 Å². The number of rotatable bonds is 2. The highest BCUT2D eigenvalue weighted by molar-refractivity contribution is 5.49. The van der Waals surface area contributed by atoms with E-state index in [9.17, 15) is 5.11 Å². The second kappa shape index (κ2) is 5.07. The summed E-state index contributed by atoms with van der Waals surface area (Å²) in [4.78, 5) is 4.63. The van der Waals surface area contributed by atoms with Crippen molar-refractivity contribution in [1.29, 1.82) is 0 Å². The zero-order valence-corrected chi connectivity index (χ0v) is 10.9. The Bertz CT molecular complexity index is 363. The number of aryl methyl sites for hydroxylation is 1. The zero-order chi connectivity index (χ0) is 12.4. The van der Waals surface area contributed by atoms with Crippen LogP contribution in [0.25, 0.3) is 0 Å². The number of aliphatic hydroxyl groups is 1. The highest BCUT2D eigenvalue weighted by Crippen LogP contribution is 2.22. The molecule has 0 saturated carbocycles. The molecule has 2 atom stereocenters. The Morgan fingerprint density at radius 1 is 1.24 bits per heavy atom. The summed E-state index contributed by atoms with van der Waals surface area (Å²) in [5.74, 6) is 0. The van der Waals surface area contributed by atoms with Crippen LogP contribution in [0.4, 0.5) is 5.69 Å². The minimum Gasteiger partial charge on any atom is -0.395 e. The van der Waals surface area contributed by atoms with Crippen LogP contribution in [0.1, 0.15) is 12.5 Å². The van der Waals surface area contributed by atoms with Crippen molar-refractivity contribution in [2.45, 2.75) is 25.9 Å². The van der Waals surface area contributed by atoms with E-state index in [1.807, 2.05) is 0 Å². The lowest BCUT2D eigenvalue weighted by Crippen LogP contribution is -2.57. The molecule has 2 unspecified atom stereocenters. The molecular formula is C14H22N2O. The van der Waals surface area contributed by atoms with Crippen LogP contribution < -0.4 is 4.90 Å². The third kappa shape index (κ3) is 2.61. The Morgan fingerprint density at radius 2 is 1.88 bits per heavy atom. The number of piperazine rings is 1. The van der Waals surface area contributed by atoms with Gasteiger partial charge in [0.25, 0.3) is 0 Å². The van der Waals surface area contributed by atoms with E-state index < -0.39 is 0 Å². The van der Waals surface area contributed by atoms with Crippen molar-refractivity contribution >= 4 is 5.69 Å². The molecule has 1 aliphatic rings. The van der Waals surface area contributed by atoms with Crippen molar-refractivity contribution in [3.63, 3.8) is 0 Å². The normalized spacial score (nSPS) is 26.2. The van der Waals surface area contributed by atoms with Gasteiger partial charge in [-0.3, -0.25) is 4.90 Å². The SMILES string of the molecule is Cc1ccc(N2CC(CO)N(C)CC2C)cc1. The molecule has 1 aromatic rings. The maximum absolute atomic E-state index is 9.39. The topological polar surface area (TPSA) is 26.7 Å². The molecule has 0 amide bonds. The zero-order valence-electron chi connectivity index (χ0n) is 10.9. The predicted octanol–water partition coefficient (Wildman–Crippen LogP) is 1.50. The molecule has 3 heteroatoms. The number of hydrogen-bond acceptors (Lipinski definition) is 3. The van der Waals surface area contributed by atoms with Crippen LogP contribution >= 0.6 is 0 Å². The standard InChI is InChI=1S/C14H22N2O/c1-11-4-6-13(7-5-11)16-9-14(10-17)15(3)8-12(16)2/h4-7,12,14,17H,8-10H2,1-3H3. The van der Waals surface area contributed by atoms with Gasteiger partial charge in [0, 0.05) is 24.8 Å². The van der Waals surface area contributed by atoms with Gasteiger partial charge in [0.05, 0.1) is 12.6 Å². The Labute approximate surface area is 104 Å². The van der Waals surface area contributed by atoms with Crippen LogP contribution in [-0.2, 0) is 0 Å². The number of benzene rings is 1. The molecule has 0 bridgehead atoms. The second-order valence-corrected chi connectivity index (χ2v) is 5.11. The van der Waals surface area contributed by atoms with Gasteiger partial charge in [-0.2, -0.15) is 0 Å². The summed E-state index contributed by atoms with van der Waals surface area (Å²) in [6, 6.07) is 9.37. The molecule has 1 fully saturated rings. The van der Waals surface area contributed by atoms with Crippen LogP contribution in [0.15, 0.2) is 24.3 Å². The molecule has 0 radical (unpaired) electrons. The predicted molar refractivity (Wildman–Crippen MR) is 71.5 cm³/mol. The van der Waals surface area contributed by atoms with Gasteiger partial charge in [-0.25, -0.2) is 0 Å². The monoisotopic (exact) mass is 234 g/mol. The average Bonchev–Trinajstić information content (AvgIpc) is 2.31. The molecule has 1 aromatic carbocycles. The van der Waals surface area contributed by atoms with Crippen LogP contribution in [-0.4, -0.2) is 48.8 Å². The summed E-state index contributed by atoms with van der Waals surface area (Å²) in [5, 5.41) is 9.39. The van der Waals surface area contributed by atoms with Gasteiger partial charge in [-0.1, -0.05) is 17.7 Å². The van der Waals surface area contributed by atoms with Crippen molar-refractivity contribution in [3.05, 3.63) is 29.8 Å². The fourth-order valence-corrected chi connectivity index (χ4v) is 2.50. The Morgan fingerprint density at radius 3 is 2.47 bits per heavy atom. The molecule has 2 rings (SSSR count). The van der Waals surface area contributed by atoms with Crippen LogP contribution in [0.3, 0.4) is 0 Å².